The average molecular weight is 583 g/mol. The van der Waals surface area contributed by atoms with Crippen LogP contribution >= 0.6 is 0 Å². The number of aliphatic carboxylic acids is 1. The summed E-state index contributed by atoms with van der Waals surface area (Å²) < 4.78 is 14.5. The van der Waals surface area contributed by atoms with E-state index < -0.39 is 35.9 Å². The smallest absolute Gasteiger partial charge is 0.330 e. The molecular weight excluding hydrogens is 528 g/mol. The van der Waals surface area contributed by atoms with Gasteiger partial charge in [0.15, 0.2) is 0 Å². The maximum absolute atomic E-state index is 11.1. The second-order valence-electron chi connectivity index (χ2n) is 10.2. The SMILES string of the molecule is C=CC(=O)OCC(CO)(COC(=O)C=C)COC(=O)C=C.CCCCCCCCCCCCCCCCCC(=O)O. The lowest BCUT2D eigenvalue weighted by Gasteiger charge is -2.29. The molecular formula is C32H54O9. The average Bonchev–Trinajstić information content (AvgIpc) is 2.98. The first kappa shape index (κ1) is 40.2. The summed E-state index contributed by atoms with van der Waals surface area (Å²) in [4.78, 5) is 43.6. The predicted molar refractivity (Wildman–Crippen MR) is 160 cm³/mol. The Labute approximate surface area is 247 Å². The molecule has 9 heteroatoms. The second kappa shape index (κ2) is 28.6. The van der Waals surface area contributed by atoms with Gasteiger partial charge in [-0.3, -0.25) is 4.79 Å². The van der Waals surface area contributed by atoms with Crippen molar-refractivity contribution in [2.45, 2.75) is 110 Å². The second-order valence-corrected chi connectivity index (χ2v) is 10.2. The Morgan fingerprint density at radius 3 is 1.12 bits per heavy atom. The van der Waals surface area contributed by atoms with Gasteiger partial charge in [-0.15, -0.1) is 0 Å². The molecule has 9 nitrogen and oxygen atoms in total. The van der Waals surface area contributed by atoms with Crippen LogP contribution in [0.5, 0.6) is 0 Å². The van der Waals surface area contributed by atoms with Gasteiger partial charge in [0.1, 0.15) is 19.8 Å². The van der Waals surface area contributed by atoms with Crippen molar-refractivity contribution in [3.05, 3.63) is 38.0 Å². The zero-order chi connectivity index (χ0) is 31.2. The van der Waals surface area contributed by atoms with E-state index in [1.54, 1.807) is 0 Å². The van der Waals surface area contributed by atoms with Crippen LogP contribution in [-0.2, 0) is 33.4 Å². The lowest BCUT2D eigenvalue weighted by molar-refractivity contribution is -0.159. The largest absolute Gasteiger partial charge is 0.481 e. The van der Waals surface area contributed by atoms with E-state index >= 15 is 0 Å². The van der Waals surface area contributed by atoms with E-state index in [9.17, 15) is 24.3 Å². The molecule has 0 radical (unpaired) electrons. The fraction of sp³-hybridized carbons (Fsp3) is 0.688. The predicted octanol–water partition coefficient (Wildman–Crippen LogP) is 6.49. The van der Waals surface area contributed by atoms with Gasteiger partial charge in [0.25, 0.3) is 0 Å². The zero-order valence-corrected chi connectivity index (χ0v) is 25.2. The molecule has 2 N–H and O–H groups in total. The Morgan fingerprint density at radius 1 is 0.585 bits per heavy atom. The van der Waals surface area contributed by atoms with E-state index in [2.05, 4.69) is 26.7 Å². The zero-order valence-electron chi connectivity index (χ0n) is 25.2. The van der Waals surface area contributed by atoms with Gasteiger partial charge in [-0.25, -0.2) is 14.4 Å². The van der Waals surface area contributed by atoms with Gasteiger partial charge in [-0.2, -0.15) is 0 Å². The normalized spacial score (nSPS) is 10.5. The topological polar surface area (TPSA) is 136 Å². The molecule has 0 atom stereocenters. The number of carboxylic acid groups (broad SMARTS) is 1. The highest BCUT2D eigenvalue weighted by molar-refractivity contribution is 5.82. The van der Waals surface area contributed by atoms with Crippen molar-refractivity contribution < 1.29 is 43.6 Å². The van der Waals surface area contributed by atoms with Gasteiger partial charge in [-0.1, -0.05) is 117 Å². The molecule has 0 heterocycles. The van der Waals surface area contributed by atoms with E-state index in [0.29, 0.717) is 6.42 Å². The van der Waals surface area contributed by atoms with Gasteiger partial charge < -0.3 is 24.4 Å². The van der Waals surface area contributed by atoms with Gasteiger partial charge >= 0.3 is 23.9 Å². The number of carbonyl (C=O) groups excluding carboxylic acids is 3. The van der Waals surface area contributed by atoms with Crippen molar-refractivity contribution in [3.63, 3.8) is 0 Å². The lowest BCUT2D eigenvalue weighted by Crippen LogP contribution is -2.42. The number of unbranched alkanes of at least 4 members (excludes halogenated alkanes) is 14. The quantitative estimate of drug-likeness (QED) is 0.0508. The van der Waals surface area contributed by atoms with Crippen LogP contribution in [0.4, 0.5) is 0 Å². The number of hydrogen-bond donors (Lipinski definition) is 2. The van der Waals surface area contributed by atoms with E-state index in [0.717, 1.165) is 31.1 Å². The van der Waals surface area contributed by atoms with Crippen LogP contribution in [0, 0.1) is 5.41 Å². The first-order chi connectivity index (χ1) is 19.7. The van der Waals surface area contributed by atoms with Crippen molar-refractivity contribution in [2.75, 3.05) is 26.4 Å². The molecule has 0 fully saturated rings. The first-order valence-electron chi connectivity index (χ1n) is 14.9. The minimum Gasteiger partial charge on any atom is -0.481 e. The molecule has 0 saturated carbocycles. The van der Waals surface area contributed by atoms with Gasteiger partial charge in [0, 0.05) is 24.6 Å². The molecule has 0 aromatic carbocycles. The highest BCUT2D eigenvalue weighted by Crippen LogP contribution is 2.20. The number of aliphatic hydroxyl groups is 1. The van der Waals surface area contributed by atoms with Gasteiger partial charge in [-0.05, 0) is 6.42 Å². The van der Waals surface area contributed by atoms with E-state index in [4.69, 9.17) is 19.3 Å². The molecule has 41 heavy (non-hydrogen) atoms. The molecule has 0 rings (SSSR count). The third kappa shape index (κ3) is 27.0. The Balaban J connectivity index is 0. The van der Waals surface area contributed by atoms with Crippen LogP contribution in [0.15, 0.2) is 38.0 Å². The van der Waals surface area contributed by atoms with Crippen LogP contribution in [0.1, 0.15) is 110 Å². The van der Waals surface area contributed by atoms with Crippen molar-refractivity contribution in [1.82, 2.24) is 0 Å². The maximum atomic E-state index is 11.1. The highest BCUT2D eigenvalue weighted by atomic mass is 16.6. The number of ether oxygens (including phenoxy) is 3. The molecule has 0 bridgehead atoms. The molecule has 0 aliphatic rings. The molecule has 0 saturated heterocycles. The van der Waals surface area contributed by atoms with Crippen molar-refractivity contribution in [2.24, 2.45) is 5.41 Å². The summed E-state index contributed by atoms with van der Waals surface area (Å²) in [5.41, 5.74) is -1.28. The summed E-state index contributed by atoms with van der Waals surface area (Å²) >= 11 is 0. The summed E-state index contributed by atoms with van der Waals surface area (Å²) in [5, 5.41) is 18.0. The molecule has 0 amide bonds. The molecule has 0 aromatic rings. The third-order valence-corrected chi connectivity index (χ3v) is 6.39. The van der Waals surface area contributed by atoms with E-state index in [-0.39, 0.29) is 19.8 Å². The first-order valence-corrected chi connectivity index (χ1v) is 14.9. The van der Waals surface area contributed by atoms with Crippen LogP contribution in [0.3, 0.4) is 0 Å². The number of hydrogen-bond acceptors (Lipinski definition) is 8. The summed E-state index contributed by atoms with van der Waals surface area (Å²) in [6, 6.07) is 0. The highest BCUT2D eigenvalue weighted by Gasteiger charge is 2.35. The monoisotopic (exact) mass is 582 g/mol. The number of aliphatic hydroxyl groups excluding tert-OH is 1. The number of rotatable bonds is 26. The molecule has 0 spiro atoms. The van der Waals surface area contributed by atoms with Gasteiger partial charge in [0.05, 0.1) is 12.0 Å². The minimum absolute atomic E-state index is 0.330. The van der Waals surface area contributed by atoms with Crippen LogP contribution < -0.4 is 0 Å². The Kier molecular flexibility index (Phi) is 28.0. The van der Waals surface area contributed by atoms with Crippen LogP contribution in [-0.4, -0.2) is 60.5 Å². The summed E-state index contributed by atoms with van der Waals surface area (Å²) in [6.45, 7) is 10.4. The lowest BCUT2D eigenvalue weighted by atomic mass is 9.92. The fourth-order valence-electron chi connectivity index (χ4n) is 3.76. The number of carbonyl (C=O) groups is 4. The Hall–Kier alpha value is -2.94. The van der Waals surface area contributed by atoms with Crippen LogP contribution in [0.25, 0.3) is 0 Å². The molecule has 0 aliphatic carbocycles. The fourth-order valence-corrected chi connectivity index (χ4v) is 3.76. The van der Waals surface area contributed by atoms with E-state index in [1.807, 2.05) is 0 Å². The van der Waals surface area contributed by atoms with Gasteiger partial charge in [0.2, 0.25) is 0 Å². The summed E-state index contributed by atoms with van der Waals surface area (Å²) in [7, 11) is 0. The number of carboxylic acids is 1. The summed E-state index contributed by atoms with van der Waals surface area (Å²) in [6.07, 6.45) is 23.0. The summed E-state index contributed by atoms with van der Waals surface area (Å²) in [5.74, 6) is -2.83. The molecule has 0 aromatic heterocycles. The Morgan fingerprint density at radius 2 is 0.878 bits per heavy atom. The van der Waals surface area contributed by atoms with Crippen LogP contribution in [0.2, 0.25) is 0 Å². The third-order valence-electron chi connectivity index (χ3n) is 6.39. The Bertz CT molecular complexity index is 686. The van der Waals surface area contributed by atoms with E-state index in [1.165, 1.54) is 83.5 Å². The van der Waals surface area contributed by atoms with Crippen molar-refractivity contribution in [3.8, 4) is 0 Å². The molecule has 0 aliphatic heterocycles. The number of esters is 3. The van der Waals surface area contributed by atoms with Crippen molar-refractivity contribution in [1.29, 1.82) is 0 Å². The minimum atomic E-state index is -1.28. The maximum Gasteiger partial charge on any atom is 0.330 e. The molecule has 236 valence electrons. The van der Waals surface area contributed by atoms with Crippen molar-refractivity contribution >= 4 is 23.9 Å². The standard InChI is InChI=1S/C18H36O2.C14H18O7/c1-2-3-4-5-6-7-8-9-10-11-12-13-14-15-16-17-18(19)20;1-4-11(16)19-8-14(7-15,9-20-12(17)5-2)10-21-13(18)6-3/h2-17H2,1H3,(H,19,20);4-6,15H,1-3,7-10H2. The molecule has 0 unspecified atom stereocenters.